The van der Waals surface area contributed by atoms with Gasteiger partial charge < -0.3 is 10.0 Å². The number of phenolic OH excluding ortho intramolecular Hbond substituents is 1. The summed E-state index contributed by atoms with van der Waals surface area (Å²) in [5.41, 5.74) is 2.48. The number of rotatable bonds is 4. The molecular weight excluding hydrogens is 276 g/mol. The van der Waals surface area contributed by atoms with Crippen LogP contribution in [-0.2, 0) is 6.54 Å². The highest BCUT2D eigenvalue weighted by molar-refractivity contribution is 7.13. The average Bonchev–Trinajstić information content (AvgIpc) is 3.14. The van der Waals surface area contributed by atoms with Crippen molar-refractivity contribution in [1.82, 2.24) is 15.1 Å². The van der Waals surface area contributed by atoms with Crippen LogP contribution in [0.2, 0.25) is 0 Å². The fraction of sp³-hybridized carbons (Fsp3) is 0.308. The Morgan fingerprint density at radius 3 is 3.00 bits per heavy atom. The van der Waals surface area contributed by atoms with Crippen LogP contribution in [0.4, 0.5) is 9.93 Å². The number of aromatic hydroxyl groups is 1. The lowest BCUT2D eigenvalue weighted by Crippen LogP contribution is -2.36. The molecule has 2 amide bonds. The molecule has 1 aromatic carbocycles. The lowest BCUT2D eigenvalue weighted by Gasteiger charge is -2.22. The summed E-state index contributed by atoms with van der Waals surface area (Å²) in [5.74, 6) is 0.211. The molecule has 1 aliphatic carbocycles. The number of amides is 2. The monoisotopic (exact) mass is 290 g/mol. The quantitative estimate of drug-likeness (QED) is 0.906. The SMILES string of the molecule is O=C(Nc1nncs1)N(Cc1cccc(O)c1)C1CC1. The highest BCUT2D eigenvalue weighted by atomic mass is 32.1. The first kappa shape index (κ1) is 12.9. The molecule has 2 N–H and O–H groups in total. The zero-order valence-corrected chi connectivity index (χ0v) is 11.5. The van der Waals surface area contributed by atoms with Crippen molar-refractivity contribution in [2.75, 3.05) is 5.32 Å². The van der Waals surface area contributed by atoms with E-state index in [-0.39, 0.29) is 17.8 Å². The van der Waals surface area contributed by atoms with E-state index in [2.05, 4.69) is 15.5 Å². The minimum atomic E-state index is -0.174. The highest BCUT2D eigenvalue weighted by Gasteiger charge is 2.33. The van der Waals surface area contributed by atoms with E-state index in [4.69, 9.17) is 0 Å². The molecule has 1 aromatic heterocycles. The van der Waals surface area contributed by atoms with Gasteiger partial charge in [-0.2, -0.15) is 0 Å². The lowest BCUT2D eigenvalue weighted by molar-refractivity contribution is 0.206. The second-order valence-corrected chi connectivity index (χ2v) is 5.54. The van der Waals surface area contributed by atoms with Crippen LogP contribution in [0, 0.1) is 0 Å². The van der Waals surface area contributed by atoms with Gasteiger partial charge in [-0.25, -0.2) is 4.79 Å². The van der Waals surface area contributed by atoms with Gasteiger partial charge in [0.05, 0.1) is 0 Å². The molecule has 0 bridgehead atoms. The third kappa shape index (κ3) is 3.05. The molecule has 0 spiro atoms. The summed E-state index contributed by atoms with van der Waals surface area (Å²) in [6, 6.07) is 7.06. The molecule has 1 fully saturated rings. The van der Waals surface area contributed by atoms with Crippen LogP contribution in [0.25, 0.3) is 0 Å². The van der Waals surface area contributed by atoms with Gasteiger partial charge >= 0.3 is 6.03 Å². The Balaban J connectivity index is 1.70. The Morgan fingerprint density at radius 1 is 1.50 bits per heavy atom. The molecule has 104 valence electrons. The zero-order valence-electron chi connectivity index (χ0n) is 10.7. The number of hydrogen-bond acceptors (Lipinski definition) is 5. The topological polar surface area (TPSA) is 78.4 Å². The third-order valence-corrected chi connectivity index (χ3v) is 3.69. The first-order chi connectivity index (χ1) is 9.72. The van der Waals surface area contributed by atoms with Crippen molar-refractivity contribution in [3.63, 3.8) is 0 Å². The van der Waals surface area contributed by atoms with Crippen molar-refractivity contribution in [2.45, 2.75) is 25.4 Å². The van der Waals surface area contributed by atoms with Crippen LogP contribution in [-0.4, -0.2) is 32.3 Å². The Bertz CT molecular complexity index is 598. The average molecular weight is 290 g/mol. The molecule has 0 unspecified atom stereocenters. The minimum Gasteiger partial charge on any atom is -0.508 e. The number of carbonyl (C=O) groups excluding carboxylic acids is 1. The Kier molecular flexibility index (Phi) is 3.51. The van der Waals surface area contributed by atoms with Gasteiger partial charge in [0.15, 0.2) is 0 Å². The van der Waals surface area contributed by atoms with Crippen LogP contribution in [0.3, 0.4) is 0 Å². The summed E-state index contributed by atoms with van der Waals surface area (Å²) in [6.45, 7) is 0.476. The molecule has 20 heavy (non-hydrogen) atoms. The number of nitrogens with zero attached hydrogens (tertiary/aromatic N) is 3. The molecule has 3 rings (SSSR count). The maximum Gasteiger partial charge on any atom is 0.324 e. The first-order valence-electron chi connectivity index (χ1n) is 6.34. The highest BCUT2D eigenvalue weighted by Crippen LogP contribution is 2.29. The molecule has 0 saturated heterocycles. The van der Waals surface area contributed by atoms with Crippen LogP contribution < -0.4 is 5.32 Å². The van der Waals surface area contributed by atoms with E-state index in [1.54, 1.807) is 28.6 Å². The summed E-state index contributed by atoms with van der Waals surface area (Å²) in [4.78, 5) is 14.0. The summed E-state index contributed by atoms with van der Waals surface area (Å²) in [5, 5.41) is 20.2. The van der Waals surface area contributed by atoms with Crippen LogP contribution in [0.15, 0.2) is 29.8 Å². The fourth-order valence-corrected chi connectivity index (χ4v) is 2.43. The fourth-order valence-electron chi connectivity index (χ4n) is 2.00. The van der Waals surface area contributed by atoms with E-state index >= 15 is 0 Å². The molecule has 1 heterocycles. The number of benzene rings is 1. The van der Waals surface area contributed by atoms with Crippen LogP contribution in [0.1, 0.15) is 18.4 Å². The molecule has 0 atom stereocenters. The van der Waals surface area contributed by atoms with Gasteiger partial charge in [0.25, 0.3) is 0 Å². The summed E-state index contributed by atoms with van der Waals surface area (Å²) in [6.07, 6.45) is 2.03. The predicted octanol–water partition coefficient (Wildman–Crippen LogP) is 2.44. The normalized spacial score (nSPS) is 14.0. The van der Waals surface area contributed by atoms with Gasteiger partial charge in [-0.1, -0.05) is 23.5 Å². The van der Waals surface area contributed by atoms with Gasteiger partial charge in [0, 0.05) is 12.6 Å². The Hall–Kier alpha value is -2.15. The number of carbonyl (C=O) groups is 1. The zero-order chi connectivity index (χ0) is 13.9. The van der Waals surface area contributed by atoms with Gasteiger partial charge in [-0.3, -0.25) is 5.32 Å². The largest absolute Gasteiger partial charge is 0.508 e. The molecule has 2 aromatic rings. The van der Waals surface area contributed by atoms with Crippen molar-refractivity contribution < 1.29 is 9.90 Å². The van der Waals surface area contributed by atoms with E-state index in [0.29, 0.717) is 11.7 Å². The minimum absolute atomic E-state index is 0.174. The van der Waals surface area contributed by atoms with E-state index in [1.807, 2.05) is 6.07 Å². The number of urea groups is 1. The predicted molar refractivity (Wildman–Crippen MR) is 75.6 cm³/mol. The van der Waals surface area contributed by atoms with E-state index in [0.717, 1.165) is 18.4 Å². The number of anilines is 1. The van der Waals surface area contributed by atoms with Crippen molar-refractivity contribution in [3.8, 4) is 5.75 Å². The maximum atomic E-state index is 12.3. The standard InChI is InChI=1S/C13H14N4O2S/c18-11-3-1-2-9(6-11)7-17(10-4-5-10)13(19)15-12-16-14-8-20-12/h1-3,6,8,10,18H,4-5,7H2,(H,15,16,19). The third-order valence-electron chi connectivity index (χ3n) is 3.09. The van der Waals surface area contributed by atoms with Gasteiger partial charge in [0.1, 0.15) is 11.3 Å². The molecule has 6 nitrogen and oxygen atoms in total. The second kappa shape index (κ2) is 5.46. The number of hydrogen-bond donors (Lipinski definition) is 2. The van der Waals surface area contributed by atoms with Crippen LogP contribution in [0.5, 0.6) is 5.75 Å². The molecule has 1 saturated carbocycles. The van der Waals surface area contributed by atoms with Gasteiger partial charge in [0.2, 0.25) is 5.13 Å². The smallest absolute Gasteiger partial charge is 0.324 e. The number of aromatic nitrogens is 2. The number of phenols is 1. The summed E-state index contributed by atoms with van der Waals surface area (Å²) < 4.78 is 0. The van der Waals surface area contributed by atoms with Crippen molar-refractivity contribution in [3.05, 3.63) is 35.3 Å². The summed E-state index contributed by atoms with van der Waals surface area (Å²) >= 11 is 1.29. The van der Waals surface area contributed by atoms with E-state index < -0.39 is 0 Å². The Labute approximate surface area is 120 Å². The van der Waals surface area contributed by atoms with Crippen molar-refractivity contribution in [2.24, 2.45) is 0 Å². The molecule has 1 aliphatic rings. The number of nitrogens with one attached hydrogen (secondary N) is 1. The molecule has 0 aliphatic heterocycles. The van der Waals surface area contributed by atoms with Crippen molar-refractivity contribution >= 4 is 22.5 Å². The molecule has 0 radical (unpaired) electrons. The summed E-state index contributed by atoms with van der Waals surface area (Å²) in [7, 11) is 0. The van der Waals surface area contributed by atoms with E-state index in [1.165, 1.54) is 11.3 Å². The van der Waals surface area contributed by atoms with Gasteiger partial charge in [-0.05, 0) is 30.5 Å². The first-order valence-corrected chi connectivity index (χ1v) is 7.22. The van der Waals surface area contributed by atoms with E-state index in [9.17, 15) is 9.90 Å². The van der Waals surface area contributed by atoms with Gasteiger partial charge in [-0.15, -0.1) is 10.2 Å². The molecular formula is C13H14N4O2S. The second-order valence-electron chi connectivity index (χ2n) is 4.70. The van der Waals surface area contributed by atoms with Crippen molar-refractivity contribution in [1.29, 1.82) is 0 Å². The maximum absolute atomic E-state index is 12.3. The molecule has 7 heteroatoms. The lowest BCUT2D eigenvalue weighted by atomic mass is 10.2. The Morgan fingerprint density at radius 2 is 2.35 bits per heavy atom. The van der Waals surface area contributed by atoms with Crippen LogP contribution >= 0.6 is 11.3 Å².